The Kier molecular flexibility index (Phi) is 3.32. The Morgan fingerprint density at radius 1 is 1.28 bits per heavy atom. The van der Waals surface area contributed by atoms with Crippen LogP contribution in [-0.4, -0.2) is 33.8 Å². The van der Waals surface area contributed by atoms with Crippen LogP contribution in [0.4, 0.5) is 0 Å². The summed E-state index contributed by atoms with van der Waals surface area (Å²) < 4.78 is 0. The molecule has 1 heterocycles. The average molecular weight is 249 g/mol. The molecule has 1 aliphatic heterocycles. The molecule has 0 spiro atoms. The number of carbonyl (C=O) groups is 3. The topological polar surface area (TPSA) is 74.7 Å². The van der Waals surface area contributed by atoms with Gasteiger partial charge in [-0.3, -0.25) is 14.5 Å². The standard InChI is InChI=1S/C13H15NO4/c1-8(13(17)18)10-7-11(15)14(12(10)16)9-5-3-2-4-6-9/h7,9H,1-6H2,(H,17,18). The number of carboxylic acid groups (broad SMARTS) is 1. The maximum atomic E-state index is 12.1. The second kappa shape index (κ2) is 4.76. The zero-order valence-electron chi connectivity index (χ0n) is 10.0. The first-order valence-corrected chi connectivity index (χ1v) is 6.04. The van der Waals surface area contributed by atoms with E-state index in [1.807, 2.05) is 0 Å². The molecule has 0 saturated heterocycles. The van der Waals surface area contributed by atoms with Gasteiger partial charge in [0.05, 0.1) is 11.1 Å². The lowest BCUT2D eigenvalue weighted by atomic mass is 9.94. The molecule has 5 nitrogen and oxygen atoms in total. The highest BCUT2D eigenvalue weighted by molar-refractivity contribution is 6.22. The Hall–Kier alpha value is -1.91. The van der Waals surface area contributed by atoms with E-state index < -0.39 is 17.8 Å². The fraction of sp³-hybridized carbons (Fsp3) is 0.462. The Balaban J connectivity index is 2.18. The van der Waals surface area contributed by atoms with Crippen molar-refractivity contribution in [3.8, 4) is 0 Å². The van der Waals surface area contributed by atoms with Crippen LogP contribution in [0.15, 0.2) is 23.8 Å². The highest BCUT2D eigenvalue weighted by Gasteiger charge is 2.38. The minimum atomic E-state index is -1.27. The minimum Gasteiger partial charge on any atom is -0.478 e. The minimum absolute atomic E-state index is 0.0851. The van der Waals surface area contributed by atoms with Gasteiger partial charge in [0.1, 0.15) is 0 Å². The van der Waals surface area contributed by atoms with Crippen LogP contribution in [0.1, 0.15) is 32.1 Å². The molecule has 0 radical (unpaired) electrons. The molecule has 0 aromatic carbocycles. The van der Waals surface area contributed by atoms with Crippen LogP contribution in [0.2, 0.25) is 0 Å². The van der Waals surface area contributed by atoms with Crippen molar-refractivity contribution in [3.05, 3.63) is 23.8 Å². The van der Waals surface area contributed by atoms with E-state index in [-0.39, 0.29) is 17.2 Å². The number of hydrogen-bond acceptors (Lipinski definition) is 3. The van der Waals surface area contributed by atoms with E-state index in [4.69, 9.17) is 5.11 Å². The molecule has 96 valence electrons. The van der Waals surface area contributed by atoms with Crippen molar-refractivity contribution in [2.24, 2.45) is 0 Å². The third-order valence-corrected chi connectivity index (χ3v) is 3.48. The van der Waals surface area contributed by atoms with Gasteiger partial charge in [-0.2, -0.15) is 0 Å². The van der Waals surface area contributed by atoms with Crippen molar-refractivity contribution < 1.29 is 19.5 Å². The first-order chi connectivity index (χ1) is 8.52. The Labute approximate surface area is 105 Å². The van der Waals surface area contributed by atoms with Crippen LogP contribution in [0.25, 0.3) is 0 Å². The van der Waals surface area contributed by atoms with Crippen LogP contribution in [0.3, 0.4) is 0 Å². The van der Waals surface area contributed by atoms with Gasteiger partial charge in [0, 0.05) is 12.1 Å². The van der Waals surface area contributed by atoms with Crippen LogP contribution >= 0.6 is 0 Å². The number of carboxylic acids is 1. The summed E-state index contributed by atoms with van der Waals surface area (Å²) in [5, 5.41) is 8.82. The molecule has 18 heavy (non-hydrogen) atoms. The molecule has 1 N–H and O–H groups in total. The maximum Gasteiger partial charge on any atom is 0.335 e. The van der Waals surface area contributed by atoms with E-state index in [2.05, 4.69) is 6.58 Å². The van der Waals surface area contributed by atoms with Gasteiger partial charge in [-0.15, -0.1) is 0 Å². The van der Waals surface area contributed by atoms with Crippen LogP contribution in [0.5, 0.6) is 0 Å². The van der Waals surface area contributed by atoms with Gasteiger partial charge >= 0.3 is 5.97 Å². The fourth-order valence-corrected chi connectivity index (χ4v) is 2.50. The van der Waals surface area contributed by atoms with Crippen LogP contribution in [-0.2, 0) is 14.4 Å². The number of rotatable bonds is 3. The second-order valence-corrected chi connectivity index (χ2v) is 4.65. The molecule has 1 saturated carbocycles. The lowest BCUT2D eigenvalue weighted by Gasteiger charge is -2.29. The molecule has 2 amide bonds. The van der Waals surface area contributed by atoms with Crippen LogP contribution in [0, 0.1) is 0 Å². The lowest BCUT2D eigenvalue weighted by Crippen LogP contribution is -2.42. The van der Waals surface area contributed by atoms with Gasteiger partial charge in [-0.05, 0) is 12.8 Å². The van der Waals surface area contributed by atoms with E-state index in [0.29, 0.717) is 0 Å². The van der Waals surface area contributed by atoms with Crippen molar-refractivity contribution in [3.63, 3.8) is 0 Å². The number of carbonyl (C=O) groups excluding carboxylic acids is 2. The molecule has 2 rings (SSSR count). The van der Waals surface area contributed by atoms with Gasteiger partial charge in [0.15, 0.2) is 0 Å². The van der Waals surface area contributed by atoms with E-state index in [1.54, 1.807) is 0 Å². The molecular formula is C13H15NO4. The molecule has 0 bridgehead atoms. The van der Waals surface area contributed by atoms with Crippen molar-refractivity contribution in [1.82, 2.24) is 4.90 Å². The Bertz CT molecular complexity index is 458. The van der Waals surface area contributed by atoms with E-state index in [1.165, 1.54) is 4.90 Å². The number of hydrogen-bond donors (Lipinski definition) is 1. The molecular weight excluding hydrogens is 234 g/mol. The molecule has 2 aliphatic rings. The largest absolute Gasteiger partial charge is 0.478 e. The average Bonchev–Trinajstić information content (AvgIpc) is 2.65. The summed E-state index contributed by atoms with van der Waals surface area (Å²) in [7, 11) is 0. The third-order valence-electron chi connectivity index (χ3n) is 3.48. The van der Waals surface area contributed by atoms with Crippen molar-refractivity contribution in [1.29, 1.82) is 0 Å². The highest BCUT2D eigenvalue weighted by atomic mass is 16.4. The van der Waals surface area contributed by atoms with Gasteiger partial charge in [0.2, 0.25) is 0 Å². The van der Waals surface area contributed by atoms with Crippen molar-refractivity contribution in [2.75, 3.05) is 0 Å². The van der Waals surface area contributed by atoms with E-state index in [9.17, 15) is 14.4 Å². The SMILES string of the molecule is C=C(C(=O)O)C1=CC(=O)N(C2CCCCC2)C1=O. The highest BCUT2D eigenvalue weighted by Crippen LogP contribution is 2.28. The predicted octanol–water partition coefficient (Wildman–Crippen LogP) is 1.26. The lowest BCUT2D eigenvalue weighted by molar-refractivity contribution is -0.141. The predicted molar refractivity (Wildman–Crippen MR) is 63.6 cm³/mol. The summed E-state index contributed by atoms with van der Waals surface area (Å²) >= 11 is 0. The van der Waals surface area contributed by atoms with Gasteiger partial charge < -0.3 is 5.11 Å². The molecule has 0 aromatic heterocycles. The summed E-state index contributed by atoms with van der Waals surface area (Å²) in [6, 6.07) is -0.0888. The van der Waals surface area contributed by atoms with E-state index >= 15 is 0 Å². The number of nitrogens with zero attached hydrogens (tertiary/aromatic N) is 1. The monoisotopic (exact) mass is 249 g/mol. The first kappa shape index (κ1) is 12.5. The molecule has 5 heteroatoms. The fourth-order valence-electron chi connectivity index (χ4n) is 2.50. The second-order valence-electron chi connectivity index (χ2n) is 4.65. The van der Waals surface area contributed by atoms with Crippen molar-refractivity contribution in [2.45, 2.75) is 38.1 Å². The summed E-state index contributed by atoms with van der Waals surface area (Å²) in [4.78, 5) is 35.9. The van der Waals surface area contributed by atoms with Gasteiger partial charge in [-0.1, -0.05) is 25.8 Å². The quantitative estimate of drug-likeness (QED) is 0.603. The van der Waals surface area contributed by atoms with E-state index in [0.717, 1.165) is 38.2 Å². The zero-order chi connectivity index (χ0) is 13.3. The molecule has 0 aromatic rings. The summed E-state index contributed by atoms with van der Waals surface area (Å²) in [6.45, 7) is 3.33. The molecule has 1 aliphatic carbocycles. The normalized spacial score (nSPS) is 21.1. The molecule has 0 atom stereocenters. The Morgan fingerprint density at radius 3 is 2.44 bits per heavy atom. The first-order valence-electron chi connectivity index (χ1n) is 6.04. The smallest absolute Gasteiger partial charge is 0.335 e. The summed E-state index contributed by atoms with van der Waals surface area (Å²) in [6.07, 6.45) is 5.81. The number of amides is 2. The summed E-state index contributed by atoms with van der Waals surface area (Å²) in [5.41, 5.74) is -0.398. The van der Waals surface area contributed by atoms with Crippen LogP contribution < -0.4 is 0 Å². The zero-order valence-corrected chi connectivity index (χ0v) is 10.0. The number of aliphatic carboxylic acids is 1. The van der Waals surface area contributed by atoms with Gasteiger partial charge in [-0.25, -0.2) is 4.79 Å². The molecule has 0 unspecified atom stereocenters. The summed E-state index contributed by atoms with van der Waals surface area (Å²) in [5.74, 6) is -2.20. The Morgan fingerprint density at radius 2 is 1.89 bits per heavy atom. The third kappa shape index (κ3) is 2.08. The maximum absolute atomic E-state index is 12.1. The molecule has 1 fully saturated rings. The van der Waals surface area contributed by atoms with Crippen molar-refractivity contribution >= 4 is 17.8 Å². The van der Waals surface area contributed by atoms with Gasteiger partial charge in [0.25, 0.3) is 11.8 Å². The number of imide groups is 1.